The van der Waals surface area contributed by atoms with E-state index in [-0.39, 0.29) is 11.9 Å². The van der Waals surface area contributed by atoms with Crippen LogP contribution < -0.4 is 5.11 Å². The molecular weight excluding hydrogens is 354 g/mol. The quantitative estimate of drug-likeness (QED) is 0.741. The molecule has 2 aromatic carbocycles. The summed E-state index contributed by atoms with van der Waals surface area (Å²) >= 11 is 0. The van der Waals surface area contributed by atoms with Crippen LogP contribution in [0.25, 0.3) is 0 Å². The van der Waals surface area contributed by atoms with Gasteiger partial charge in [0.05, 0.1) is 18.1 Å². The summed E-state index contributed by atoms with van der Waals surface area (Å²) in [6, 6.07) is 19.4. The summed E-state index contributed by atoms with van der Waals surface area (Å²) in [5, 5.41) is 11.8. The van der Waals surface area contributed by atoms with Crippen molar-refractivity contribution in [3.8, 4) is 0 Å². The summed E-state index contributed by atoms with van der Waals surface area (Å²) < 4.78 is 6.19. The van der Waals surface area contributed by atoms with Crippen molar-refractivity contribution in [1.29, 1.82) is 0 Å². The number of amides is 1. The van der Waals surface area contributed by atoms with E-state index in [1.807, 2.05) is 66.7 Å². The smallest absolute Gasteiger partial charge is 0.230 e. The Kier molecular flexibility index (Phi) is 3.88. The molecule has 0 N–H and O–H groups in total. The van der Waals surface area contributed by atoms with E-state index >= 15 is 0 Å². The molecule has 5 rings (SSSR count). The summed E-state index contributed by atoms with van der Waals surface area (Å²) in [5.74, 6) is -3.04. The van der Waals surface area contributed by atoms with Gasteiger partial charge in [0.15, 0.2) is 0 Å². The fourth-order valence-corrected chi connectivity index (χ4v) is 5.06. The van der Waals surface area contributed by atoms with Gasteiger partial charge in [0, 0.05) is 18.4 Å². The van der Waals surface area contributed by atoms with Crippen molar-refractivity contribution in [3.63, 3.8) is 0 Å². The van der Waals surface area contributed by atoms with Crippen molar-refractivity contribution in [2.45, 2.75) is 30.7 Å². The average Bonchev–Trinajstić information content (AvgIpc) is 3.34. The van der Waals surface area contributed by atoms with Crippen molar-refractivity contribution in [2.24, 2.45) is 11.8 Å². The van der Waals surface area contributed by atoms with Gasteiger partial charge in [0.1, 0.15) is 5.60 Å². The Bertz CT molecular complexity index is 942. The van der Waals surface area contributed by atoms with E-state index in [1.165, 1.54) is 0 Å². The maximum Gasteiger partial charge on any atom is 0.230 e. The van der Waals surface area contributed by atoms with E-state index in [0.29, 0.717) is 13.0 Å². The molecule has 3 aliphatic heterocycles. The Hall–Kier alpha value is -2.92. The van der Waals surface area contributed by atoms with Crippen LogP contribution in [0.5, 0.6) is 0 Å². The zero-order chi connectivity index (χ0) is 19.3. The number of carbonyl (C=O) groups excluding carboxylic acids is 2. The van der Waals surface area contributed by atoms with Crippen molar-refractivity contribution in [3.05, 3.63) is 83.9 Å². The molecular formula is C23H20NO4-. The minimum absolute atomic E-state index is 0.161. The zero-order valence-electron chi connectivity index (χ0n) is 15.2. The van der Waals surface area contributed by atoms with Gasteiger partial charge >= 0.3 is 0 Å². The molecule has 3 aliphatic rings. The van der Waals surface area contributed by atoms with Crippen molar-refractivity contribution < 1.29 is 19.4 Å². The SMILES string of the molecule is O=C([O-])[C@H]1[C@H]2C=C[C@@]3(O2)[C@H](Cc2ccccc2)N(Cc2ccccc2)C(=O)[C@@H]13. The van der Waals surface area contributed by atoms with Crippen LogP contribution >= 0.6 is 0 Å². The highest BCUT2D eigenvalue weighted by Crippen LogP contribution is 2.55. The van der Waals surface area contributed by atoms with E-state index in [4.69, 9.17) is 4.74 Å². The molecule has 2 bridgehead atoms. The number of nitrogens with zero attached hydrogens (tertiary/aromatic N) is 1. The number of hydrogen-bond acceptors (Lipinski definition) is 4. The maximum absolute atomic E-state index is 13.4. The predicted molar refractivity (Wildman–Crippen MR) is 99.7 cm³/mol. The number of aliphatic carboxylic acids is 1. The standard InChI is InChI=1S/C23H21NO4/c25-21-20-19(22(26)27)17-11-12-23(20,28-17)18(13-15-7-3-1-4-8-15)24(21)14-16-9-5-2-6-10-16/h1-12,17-20H,13-14H2,(H,26,27)/p-1/t17-,18+,19+,20-,23-/m1/s1. The Morgan fingerprint density at radius 1 is 1.04 bits per heavy atom. The highest BCUT2D eigenvalue weighted by atomic mass is 16.5. The Morgan fingerprint density at radius 3 is 2.32 bits per heavy atom. The summed E-state index contributed by atoms with van der Waals surface area (Å²) in [6.07, 6.45) is 3.72. The zero-order valence-corrected chi connectivity index (χ0v) is 15.2. The van der Waals surface area contributed by atoms with Gasteiger partial charge in [-0.05, 0) is 17.5 Å². The predicted octanol–water partition coefficient (Wildman–Crippen LogP) is 1.33. The largest absolute Gasteiger partial charge is 0.550 e. The fourth-order valence-electron chi connectivity index (χ4n) is 5.06. The molecule has 2 fully saturated rings. The number of benzene rings is 2. The van der Waals surface area contributed by atoms with Crippen LogP contribution in [0, 0.1) is 11.8 Å². The van der Waals surface area contributed by atoms with Gasteiger partial charge in [-0.15, -0.1) is 0 Å². The molecule has 5 nitrogen and oxygen atoms in total. The third-order valence-electron chi connectivity index (χ3n) is 6.27. The van der Waals surface area contributed by atoms with Gasteiger partial charge in [-0.2, -0.15) is 0 Å². The lowest BCUT2D eigenvalue weighted by Crippen LogP contribution is -2.47. The van der Waals surface area contributed by atoms with Gasteiger partial charge in [0.2, 0.25) is 5.91 Å². The number of likely N-dealkylation sites (tertiary alicyclic amines) is 1. The number of carboxylic acid groups (broad SMARTS) is 1. The Morgan fingerprint density at radius 2 is 1.68 bits per heavy atom. The van der Waals surface area contributed by atoms with Crippen LogP contribution in [0.4, 0.5) is 0 Å². The molecule has 142 valence electrons. The minimum Gasteiger partial charge on any atom is -0.550 e. The molecule has 0 aliphatic carbocycles. The highest BCUT2D eigenvalue weighted by Gasteiger charge is 2.69. The number of carboxylic acids is 1. The Balaban J connectivity index is 1.56. The maximum atomic E-state index is 13.4. The lowest BCUT2D eigenvalue weighted by molar-refractivity contribution is -0.313. The second-order valence-electron chi connectivity index (χ2n) is 7.77. The van der Waals surface area contributed by atoms with Crippen molar-refractivity contribution in [1.82, 2.24) is 4.90 Å². The van der Waals surface area contributed by atoms with Gasteiger partial charge in [-0.3, -0.25) is 4.79 Å². The third kappa shape index (κ3) is 2.43. The van der Waals surface area contributed by atoms with Crippen LogP contribution in [0.3, 0.4) is 0 Å². The van der Waals surface area contributed by atoms with Crippen LogP contribution in [0.1, 0.15) is 11.1 Å². The van der Waals surface area contributed by atoms with E-state index in [2.05, 4.69) is 0 Å². The van der Waals surface area contributed by atoms with Crippen LogP contribution in [-0.4, -0.2) is 34.5 Å². The van der Waals surface area contributed by atoms with Gasteiger partial charge in [-0.25, -0.2) is 0 Å². The first-order valence-corrected chi connectivity index (χ1v) is 9.56. The number of hydrogen-bond donors (Lipinski definition) is 0. The monoisotopic (exact) mass is 374 g/mol. The molecule has 0 saturated carbocycles. The van der Waals surface area contributed by atoms with E-state index in [0.717, 1.165) is 11.1 Å². The van der Waals surface area contributed by atoms with Crippen molar-refractivity contribution >= 4 is 11.9 Å². The highest BCUT2D eigenvalue weighted by molar-refractivity contribution is 5.91. The first kappa shape index (κ1) is 17.2. The van der Waals surface area contributed by atoms with Gasteiger partial charge in [-0.1, -0.05) is 72.8 Å². The molecule has 3 heterocycles. The number of ether oxygens (including phenoxy) is 1. The lowest BCUT2D eigenvalue weighted by atomic mass is 9.74. The number of rotatable bonds is 5. The molecule has 1 spiro atoms. The normalized spacial score (nSPS) is 32.7. The van der Waals surface area contributed by atoms with E-state index in [9.17, 15) is 14.7 Å². The summed E-state index contributed by atoms with van der Waals surface area (Å²) in [6.45, 7) is 0.428. The third-order valence-corrected chi connectivity index (χ3v) is 6.27. The molecule has 0 aromatic heterocycles. The number of carbonyl (C=O) groups is 2. The van der Waals surface area contributed by atoms with Crippen molar-refractivity contribution in [2.75, 3.05) is 0 Å². The summed E-state index contributed by atoms with van der Waals surface area (Å²) in [4.78, 5) is 27.0. The van der Waals surface area contributed by atoms with Gasteiger partial charge in [0.25, 0.3) is 0 Å². The van der Waals surface area contributed by atoms with Crippen LogP contribution in [-0.2, 0) is 27.3 Å². The topological polar surface area (TPSA) is 69.7 Å². The van der Waals surface area contributed by atoms with E-state index < -0.39 is 29.5 Å². The first-order chi connectivity index (χ1) is 13.6. The average molecular weight is 374 g/mol. The molecule has 5 atom stereocenters. The molecule has 1 amide bonds. The molecule has 0 radical (unpaired) electrons. The Labute approximate surface area is 163 Å². The fraction of sp³-hybridized carbons (Fsp3) is 0.304. The molecule has 2 saturated heterocycles. The molecule has 28 heavy (non-hydrogen) atoms. The second-order valence-corrected chi connectivity index (χ2v) is 7.77. The van der Waals surface area contributed by atoms with Gasteiger partial charge < -0.3 is 19.5 Å². The second kappa shape index (κ2) is 6.31. The summed E-state index contributed by atoms with van der Waals surface area (Å²) in [7, 11) is 0. The van der Waals surface area contributed by atoms with Crippen LogP contribution in [0.2, 0.25) is 0 Å². The van der Waals surface area contributed by atoms with E-state index in [1.54, 1.807) is 11.0 Å². The minimum atomic E-state index is -1.21. The lowest BCUT2D eigenvalue weighted by Gasteiger charge is -2.33. The number of fused-ring (bicyclic) bond motifs is 1. The summed E-state index contributed by atoms with van der Waals surface area (Å²) in [5.41, 5.74) is 1.19. The van der Waals surface area contributed by atoms with Crippen LogP contribution in [0.15, 0.2) is 72.8 Å². The molecule has 5 heteroatoms. The molecule has 2 aromatic rings. The first-order valence-electron chi connectivity index (χ1n) is 9.56. The molecule has 0 unspecified atom stereocenters.